The number of benzene rings is 2. The molecule has 0 fully saturated rings. The van der Waals surface area contributed by atoms with Gasteiger partial charge in [-0.2, -0.15) is 0 Å². The van der Waals surface area contributed by atoms with Crippen molar-refractivity contribution in [2.75, 3.05) is 11.5 Å². The topological polar surface area (TPSA) is 102 Å². The zero-order valence-electron chi connectivity index (χ0n) is 20.8. The number of esters is 1. The lowest BCUT2D eigenvalue weighted by molar-refractivity contribution is -0.122. The van der Waals surface area contributed by atoms with E-state index >= 15 is 0 Å². The Morgan fingerprint density at radius 3 is 2.35 bits per heavy atom. The first-order chi connectivity index (χ1) is 17.9. The standard InChI is InChI=1S/C28H27N3O5S/c1-4-35-28(34)21-12-14-22(15-13-21)31(27(33)25-18(2)30-19(3)37-25)24(20-9-6-5-7-10-20)26(32)29-17-23-11-8-16-36-23/h5-16,24H,4,17H2,1-3H3,(H,29,32). The molecule has 0 bridgehead atoms. The molecule has 0 saturated carbocycles. The molecule has 4 aromatic rings. The maximum absolute atomic E-state index is 14.1. The molecule has 0 aliphatic rings. The number of rotatable bonds is 9. The van der Waals surface area contributed by atoms with E-state index in [1.165, 1.54) is 22.5 Å². The average Bonchev–Trinajstić information content (AvgIpc) is 3.55. The number of thiazole rings is 1. The van der Waals surface area contributed by atoms with Gasteiger partial charge >= 0.3 is 5.97 Å². The van der Waals surface area contributed by atoms with E-state index in [0.29, 0.717) is 33.1 Å². The fourth-order valence-corrected chi connectivity index (χ4v) is 4.79. The number of carbonyl (C=O) groups excluding carboxylic acids is 3. The van der Waals surface area contributed by atoms with Crippen molar-refractivity contribution in [3.05, 3.63) is 105 Å². The minimum atomic E-state index is -1.00. The van der Waals surface area contributed by atoms with Crippen molar-refractivity contribution < 1.29 is 23.5 Å². The fraction of sp³-hybridized carbons (Fsp3) is 0.214. The summed E-state index contributed by atoms with van der Waals surface area (Å²) in [5, 5.41) is 3.64. The first-order valence-electron chi connectivity index (χ1n) is 11.8. The van der Waals surface area contributed by atoms with Crippen LogP contribution < -0.4 is 10.2 Å². The first kappa shape index (κ1) is 25.8. The van der Waals surface area contributed by atoms with Crippen molar-refractivity contribution in [2.24, 2.45) is 0 Å². The molecule has 37 heavy (non-hydrogen) atoms. The van der Waals surface area contributed by atoms with E-state index in [9.17, 15) is 14.4 Å². The van der Waals surface area contributed by atoms with Gasteiger partial charge in [-0.15, -0.1) is 11.3 Å². The molecule has 1 N–H and O–H groups in total. The predicted molar refractivity (Wildman–Crippen MR) is 141 cm³/mol. The van der Waals surface area contributed by atoms with Crippen molar-refractivity contribution in [1.29, 1.82) is 0 Å². The Morgan fingerprint density at radius 2 is 1.76 bits per heavy atom. The quantitative estimate of drug-likeness (QED) is 0.305. The van der Waals surface area contributed by atoms with Crippen LogP contribution in [0.1, 0.15) is 55.0 Å². The smallest absolute Gasteiger partial charge is 0.338 e. The summed E-state index contributed by atoms with van der Waals surface area (Å²) in [5.74, 6) is -0.624. The molecule has 0 saturated heterocycles. The SMILES string of the molecule is CCOC(=O)c1ccc(N(C(=O)c2sc(C)nc2C)C(C(=O)NCc2ccco2)c2ccccc2)cc1. The molecule has 1 atom stereocenters. The van der Waals surface area contributed by atoms with Crippen LogP contribution in [-0.4, -0.2) is 29.4 Å². The number of hydrogen-bond acceptors (Lipinski definition) is 7. The lowest BCUT2D eigenvalue weighted by Crippen LogP contribution is -2.44. The Labute approximate surface area is 218 Å². The lowest BCUT2D eigenvalue weighted by Gasteiger charge is -2.31. The lowest BCUT2D eigenvalue weighted by atomic mass is 10.0. The number of aryl methyl sites for hydroxylation is 2. The van der Waals surface area contributed by atoms with Gasteiger partial charge in [0.2, 0.25) is 5.91 Å². The molecule has 1 unspecified atom stereocenters. The summed E-state index contributed by atoms with van der Waals surface area (Å²) in [6, 6.07) is 18.0. The second-order valence-corrected chi connectivity index (χ2v) is 9.40. The van der Waals surface area contributed by atoms with Crippen molar-refractivity contribution >= 4 is 34.8 Å². The Balaban J connectivity index is 1.79. The van der Waals surface area contributed by atoms with E-state index < -0.39 is 12.0 Å². The number of ether oxygens (including phenoxy) is 1. The van der Waals surface area contributed by atoms with Crippen molar-refractivity contribution in [2.45, 2.75) is 33.4 Å². The van der Waals surface area contributed by atoms with E-state index in [1.54, 1.807) is 62.4 Å². The highest BCUT2D eigenvalue weighted by atomic mass is 32.1. The number of anilines is 1. The normalized spacial score (nSPS) is 11.5. The Kier molecular flexibility index (Phi) is 8.15. The maximum atomic E-state index is 14.1. The van der Waals surface area contributed by atoms with Crippen molar-refractivity contribution in [1.82, 2.24) is 10.3 Å². The monoisotopic (exact) mass is 517 g/mol. The summed E-state index contributed by atoms with van der Waals surface area (Å²) in [4.78, 5) is 46.3. The molecule has 0 spiro atoms. The van der Waals surface area contributed by atoms with Gasteiger partial charge in [0, 0.05) is 5.69 Å². The fourth-order valence-electron chi connectivity index (χ4n) is 3.93. The largest absolute Gasteiger partial charge is 0.467 e. The van der Waals surface area contributed by atoms with E-state index in [1.807, 2.05) is 25.1 Å². The second-order valence-electron chi connectivity index (χ2n) is 8.20. The van der Waals surface area contributed by atoms with Crippen LogP contribution in [0, 0.1) is 13.8 Å². The third-order valence-corrected chi connectivity index (χ3v) is 6.67. The number of furan rings is 1. The molecule has 2 amide bonds. The molecule has 9 heteroatoms. The van der Waals surface area contributed by atoms with Gasteiger partial charge in [0.1, 0.15) is 16.7 Å². The van der Waals surface area contributed by atoms with Crippen LogP contribution in [0.25, 0.3) is 0 Å². The van der Waals surface area contributed by atoms with Crippen molar-refractivity contribution in [3.8, 4) is 0 Å². The van der Waals surface area contributed by atoms with Gasteiger partial charge in [-0.05, 0) is 62.7 Å². The Hall–Kier alpha value is -4.24. The van der Waals surface area contributed by atoms with E-state index in [2.05, 4.69) is 10.3 Å². The second kappa shape index (κ2) is 11.7. The van der Waals surface area contributed by atoms with E-state index in [-0.39, 0.29) is 25.0 Å². The Morgan fingerprint density at radius 1 is 1.03 bits per heavy atom. The van der Waals surface area contributed by atoms with Crippen LogP contribution in [0.3, 0.4) is 0 Å². The molecule has 190 valence electrons. The van der Waals surface area contributed by atoms with Crippen LogP contribution in [0.4, 0.5) is 5.69 Å². The summed E-state index contributed by atoms with van der Waals surface area (Å²) in [6.07, 6.45) is 1.53. The zero-order chi connectivity index (χ0) is 26.4. The molecular formula is C28H27N3O5S. The number of nitrogens with zero attached hydrogens (tertiary/aromatic N) is 2. The van der Waals surface area contributed by atoms with Crippen LogP contribution in [-0.2, 0) is 16.1 Å². The molecule has 0 aliphatic carbocycles. The summed E-state index contributed by atoms with van der Waals surface area (Å²) < 4.78 is 10.4. The molecule has 2 heterocycles. The van der Waals surface area contributed by atoms with E-state index in [0.717, 1.165) is 5.01 Å². The number of aromatic nitrogens is 1. The third kappa shape index (κ3) is 5.95. The van der Waals surface area contributed by atoms with Gasteiger partial charge in [0.15, 0.2) is 0 Å². The molecular weight excluding hydrogens is 490 g/mol. The van der Waals surface area contributed by atoms with Crippen LogP contribution in [0.2, 0.25) is 0 Å². The number of carbonyl (C=O) groups is 3. The van der Waals surface area contributed by atoms with Crippen LogP contribution >= 0.6 is 11.3 Å². The molecule has 0 radical (unpaired) electrons. The number of nitrogens with one attached hydrogen (secondary N) is 1. The zero-order valence-corrected chi connectivity index (χ0v) is 21.6. The minimum absolute atomic E-state index is 0.164. The summed E-state index contributed by atoms with van der Waals surface area (Å²) in [6.45, 7) is 5.75. The maximum Gasteiger partial charge on any atom is 0.338 e. The van der Waals surface area contributed by atoms with Gasteiger partial charge in [-0.1, -0.05) is 30.3 Å². The molecule has 4 rings (SSSR count). The average molecular weight is 518 g/mol. The summed E-state index contributed by atoms with van der Waals surface area (Å²) in [5.41, 5.74) is 2.01. The third-order valence-electron chi connectivity index (χ3n) is 5.61. The minimum Gasteiger partial charge on any atom is -0.467 e. The first-order valence-corrected chi connectivity index (χ1v) is 12.6. The highest BCUT2D eigenvalue weighted by Crippen LogP contribution is 2.32. The molecule has 2 aromatic heterocycles. The van der Waals surface area contributed by atoms with Crippen LogP contribution in [0.15, 0.2) is 77.4 Å². The van der Waals surface area contributed by atoms with E-state index in [4.69, 9.17) is 9.15 Å². The molecule has 0 aliphatic heterocycles. The number of amides is 2. The summed E-state index contributed by atoms with van der Waals surface area (Å²) >= 11 is 1.27. The summed E-state index contributed by atoms with van der Waals surface area (Å²) in [7, 11) is 0. The number of hydrogen-bond donors (Lipinski definition) is 1. The van der Waals surface area contributed by atoms with Gasteiger partial charge in [0.25, 0.3) is 5.91 Å². The highest BCUT2D eigenvalue weighted by Gasteiger charge is 2.35. The van der Waals surface area contributed by atoms with Gasteiger partial charge in [-0.25, -0.2) is 9.78 Å². The highest BCUT2D eigenvalue weighted by molar-refractivity contribution is 7.13. The van der Waals surface area contributed by atoms with Gasteiger partial charge < -0.3 is 14.5 Å². The van der Waals surface area contributed by atoms with Crippen molar-refractivity contribution in [3.63, 3.8) is 0 Å². The van der Waals surface area contributed by atoms with Crippen LogP contribution in [0.5, 0.6) is 0 Å². The Bertz CT molecular complexity index is 1360. The molecule has 8 nitrogen and oxygen atoms in total. The molecule has 2 aromatic carbocycles. The van der Waals surface area contributed by atoms with Gasteiger partial charge in [-0.3, -0.25) is 14.5 Å². The van der Waals surface area contributed by atoms with Gasteiger partial charge in [0.05, 0.1) is 35.7 Å². The predicted octanol–water partition coefficient (Wildman–Crippen LogP) is 5.23.